The molecule has 1 aliphatic rings. The van der Waals surface area contributed by atoms with Crippen LogP contribution in [0.2, 0.25) is 0 Å². The van der Waals surface area contributed by atoms with E-state index in [0.29, 0.717) is 43.9 Å². The number of rotatable bonds is 4. The fourth-order valence-corrected chi connectivity index (χ4v) is 3.02. The maximum Gasteiger partial charge on any atom is 0.254 e. The van der Waals surface area contributed by atoms with Gasteiger partial charge in [0.1, 0.15) is 11.6 Å². The topological polar surface area (TPSA) is 64.0 Å². The highest BCUT2D eigenvalue weighted by molar-refractivity contribution is 5.94. The van der Waals surface area contributed by atoms with Crippen LogP contribution in [0.1, 0.15) is 22.0 Å². The van der Waals surface area contributed by atoms with E-state index < -0.39 is 6.10 Å². The van der Waals surface area contributed by atoms with Gasteiger partial charge in [-0.3, -0.25) is 9.69 Å². The first-order valence-electron chi connectivity index (χ1n) is 8.27. The molecular weight excluding hydrogens is 323 g/mol. The number of piperazine rings is 1. The van der Waals surface area contributed by atoms with Crippen molar-refractivity contribution in [1.82, 2.24) is 9.80 Å². The van der Waals surface area contributed by atoms with Crippen molar-refractivity contribution in [3.63, 3.8) is 0 Å². The number of hydrogen-bond donors (Lipinski definition) is 2. The summed E-state index contributed by atoms with van der Waals surface area (Å²) in [6.45, 7) is 2.76. The van der Waals surface area contributed by atoms with Gasteiger partial charge < -0.3 is 15.1 Å². The van der Waals surface area contributed by atoms with Crippen molar-refractivity contribution in [1.29, 1.82) is 0 Å². The number of β-amino-alcohol motifs (C(OH)–C–C–N with tert-alkyl or cyclic N) is 1. The normalized spacial score (nSPS) is 16.6. The molecule has 2 N–H and O–H groups in total. The van der Waals surface area contributed by atoms with Gasteiger partial charge in [-0.05, 0) is 35.9 Å². The number of phenols is 1. The highest BCUT2D eigenvalue weighted by Crippen LogP contribution is 2.18. The third-order valence-corrected chi connectivity index (χ3v) is 4.42. The van der Waals surface area contributed by atoms with E-state index in [4.69, 9.17) is 0 Å². The Morgan fingerprint density at radius 3 is 2.48 bits per heavy atom. The van der Waals surface area contributed by atoms with E-state index in [2.05, 4.69) is 4.90 Å². The number of hydrogen-bond acceptors (Lipinski definition) is 4. The van der Waals surface area contributed by atoms with Crippen molar-refractivity contribution in [2.75, 3.05) is 32.7 Å². The first-order chi connectivity index (χ1) is 12.0. The van der Waals surface area contributed by atoms with Crippen LogP contribution in [-0.2, 0) is 0 Å². The number of amides is 1. The maximum absolute atomic E-state index is 13.2. The Hall–Kier alpha value is -2.44. The molecule has 5 nitrogen and oxygen atoms in total. The first-order valence-corrected chi connectivity index (χ1v) is 8.27. The lowest BCUT2D eigenvalue weighted by molar-refractivity contribution is 0.0526. The molecular formula is C19H21FN2O3. The third-order valence-electron chi connectivity index (χ3n) is 4.42. The molecule has 2 aromatic carbocycles. The van der Waals surface area contributed by atoms with E-state index in [9.17, 15) is 19.4 Å². The van der Waals surface area contributed by atoms with Crippen LogP contribution in [0, 0.1) is 5.82 Å². The van der Waals surface area contributed by atoms with Gasteiger partial charge in [0.05, 0.1) is 6.10 Å². The van der Waals surface area contributed by atoms with Gasteiger partial charge in [0.25, 0.3) is 5.91 Å². The van der Waals surface area contributed by atoms with E-state index in [1.165, 1.54) is 24.3 Å². The monoisotopic (exact) mass is 344 g/mol. The summed E-state index contributed by atoms with van der Waals surface area (Å²) in [6.07, 6.45) is -0.760. The standard InChI is InChI=1S/C19H21FN2O3/c20-16-5-1-3-14(11-16)18(24)13-21-7-9-22(10-8-21)19(25)15-4-2-6-17(23)12-15/h1-6,11-12,18,23-24H,7-10,13H2. The molecule has 1 amide bonds. The van der Waals surface area contributed by atoms with E-state index >= 15 is 0 Å². The van der Waals surface area contributed by atoms with Crippen LogP contribution in [0.15, 0.2) is 48.5 Å². The summed E-state index contributed by atoms with van der Waals surface area (Å²) in [4.78, 5) is 16.2. The number of phenolic OH excluding ortho intramolecular Hbond substituents is 1. The molecule has 2 aromatic rings. The van der Waals surface area contributed by atoms with Crippen molar-refractivity contribution in [3.05, 3.63) is 65.5 Å². The van der Waals surface area contributed by atoms with Gasteiger partial charge in [0.15, 0.2) is 0 Å². The lowest BCUT2D eigenvalue weighted by Gasteiger charge is -2.35. The Labute approximate surface area is 145 Å². The minimum Gasteiger partial charge on any atom is -0.508 e. The van der Waals surface area contributed by atoms with Crippen LogP contribution in [0.4, 0.5) is 4.39 Å². The fraction of sp³-hybridized carbons (Fsp3) is 0.316. The molecule has 1 atom stereocenters. The van der Waals surface area contributed by atoms with E-state index in [-0.39, 0.29) is 17.5 Å². The number of carbonyl (C=O) groups excluding carboxylic acids is 1. The van der Waals surface area contributed by atoms with Gasteiger partial charge in [-0.2, -0.15) is 0 Å². The second kappa shape index (κ2) is 7.63. The zero-order valence-corrected chi connectivity index (χ0v) is 13.8. The minimum atomic E-state index is -0.760. The van der Waals surface area contributed by atoms with Crippen LogP contribution in [-0.4, -0.2) is 58.6 Å². The molecule has 6 heteroatoms. The molecule has 1 heterocycles. The van der Waals surface area contributed by atoms with E-state index in [1.54, 1.807) is 29.2 Å². The number of benzene rings is 2. The number of carbonyl (C=O) groups is 1. The van der Waals surface area contributed by atoms with Gasteiger partial charge in [-0.15, -0.1) is 0 Å². The Bertz CT molecular complexity index is 745. The smallest absolute Gasteiger partial charge is 0.254 e. The van der Waals surface area contributed by atoms with E-state index in [1.807, 2.05) is 0 Å². The Morgan fingerprint density at radius 2 is 1.80 bits per heavy atom. The molecule has 1 saturated heterocycles. The highest BCUT2D eigenvalue weighted by Gasteiger charge is 2.24. The molecule has 3 rings (SSSR count). The second-order valence-corrected chi connectivity index (χ2v) is 6.21. The van der Waals surface area contributed by atoms with Gasteiger partial charge in [-0.25, -0.2) is 4.39 Å². The summed E-state index contributed by atoms with van der Waals surface area (Å²) in [7, 11) is 0. The van der Waals surface area contributed by atoms with Crippen molar-refractivity contribution >= 4 is 5.91 Å². The van der Waals surface area contributed by atoms with Crippen molar-refractivity contribution < 1.29 is 19.4 Å². The van der Waals surface area contributed by atoms with Crippen LogP contribution in [0.3, 0.4) is 0 Å². The largest absolute Gasteiger partial charge is 0.508 e. The molecule has 25 heavy (non-hydrogen) atoms. The first kappa shape index (κ1) is 17.4. The average molecular weight is 344 g/mol. The van der Waals surface area contributed by atoms with Gasteiger partial charge >= 0.3 is 0 Å². The highest BCUT2D eigenvalue weighted by atomic mass is 19.1. The van der Waals surface area contributed by atoms with Gasteiger partial charge in [0.2, 0.25) is 0 Å². The summed E-state index contributed by atoms with van der Waals surface area (Å²) >= 11 is 0. The van der Waals surface area contributed by atoms with Crippen LogP contribution < -0.4 is 0 Å². The summed E-state index contributed by atoms with van der Waals surface area (Å²) in [5.74, 6) is -0.401. The third kappa shape index (κ3) is 4.35. The molecule has 1 aliphatic heterocycles. The molecule has 0 aromatic heterocycles. The zero-order valence-electron chi connectivity index (χ0n) is 13.8. The predicted octanol–water partition coefficient (Wildman–Crippen LogP) is 2.02. The fourth-order valence-electron chi connectivity index (χ4n) is 3.02. The van der Waals surface area contributed by atoms with Gasteiger partial charge in [-0.1, -0.05) is 18.2 Å². The number of aliphatic hydroxyl groups excluding tert-OH is 1. The molecule has 0 bridgehead atoms. The molecule has 0 aliphatic carbocycles. The lowest BCUT2D eigenvalue weighted by Crippen LogP contribution is -2.49. The molecule has 1 fully saturated rings. The molecule has 132 valence electrons. The zero-order chi connectivity index (χ0) is 17.8. The quantitative estimate of drug-likeness (QED) is 0.891. The Morgan fingerprint density at radius 1 is 1.08 bits per heavy atom. The van der Waals surface area contributed by atoms with Crippen molar-refractivity contribution in [3.8, 4) is 5.75 Å². The SMILES string of the molecule is O=C(c1cccc(O)c1)N1CCN(CC(O)c2cccc(F)c2)CC1. The van der Waals surface area contributed by atoms with Gasteiger partial charge in [0, 0.05) is 38.3 Å². The second-order valence-electron chi connectivity index (χ2n) is 6.21. The summed E-state index contributed by atoms with van der Waals surface area (Å²) < 4.78 is 13.2. The average Bonchev–Trinajstić information content (AvgIpc) is 2.62. The van der Waals surface area contributed by atoms with Crippen LogP contribution >= 0.6 is 0 Å². The molecule has 1 unspecified atom stereocenters. The number of nitrogens with zero attached hydrogens (tertiary/aromatic N) is 2. The lowest BCUT2D eigenvalue weighted by atomic mass is 10.1. The van der Waals surface area contributed by atoms with Crippen LogP contribution in [0.25, 0.3) is 0 Å². The minimum absolute atomic E-state index is 0.0719. The Kier molecular flexibility index (Phi) is 5.31. The number of aromatic hydroxyl groups is 1. The summed E-state index contributed by atoms with van der Waals surface area (Å²) in [6, 6.07) is 12.3. The summed E-state index contributed by atoms with van der Waals surface area (Å²) in [5.41, 5.74) is 1.02. The Balaban J connectivity index is 1.54. The maximum atomic E-state index is 13.2. The van der Waals surface area contributed by atoms with Crippen molar-refractivity contribution in [2.24, 2.45) is 0 Å². The molecule has 0 saturated carbocycles. The molecule has 0 radical (unpaired) electrons. The molecule has 0 spiro atoms. The summed E-state index contributed by atoms with van der Waals surface area (Å²) in [5, 5.41) is 19.8. The number of aliphatic hydroxyl groups is 1. The van der Waals surface area contributed by atoms with Crippen LogP contribution in [0.5, 0.6) is 5.75 Å². The van der Waals surface area contributed by atoms with E-state index in [0.717, 1.165) is 0 Å². The van der Waals surface area contributed by atoms with Crippen molar-refractivity contribution in [2.45, 2.75) is 6.10 Å². The predicted molar refractivity (Wildman–Crippen MR) is 91.8 cm³/mol. The number of halogens is 1.